The molecule has 0 aromatic carbocycles. The van der Waals surface area contributed by atoms with Crippen molar-refractivity contribution in [2.75, 3.05) is 6.54 Å². The minimum atomic E-state index is -0.764. The number of hydrogen-bond acceptors (Lipinski definition) is 3. The van der Waals surface area contributed by atoms with E-state index in [1.165, 1.54) is 0 Å². The fourth-order valence-electron chi connectivity index (χ4n) is 1.54. The maximum Gasteiger partial charge on any atom is 0.243 e. The predicted octanol–water partition coefficient (Wildman–Crippen LogP) is 1.44. The summed E-state index contributed by atoms with van der Waals surface area (Å²) >= 11 is 0. The molecule has 1 fully saturated rings. The first-order chi connectivity index (χ1) is 7.07. The number of amides is 1. The number of carbonyl (C=O) groups excluding carboxylic acids is 1. The first-order valence-electron chi connectivity index (χ1n) is 5.16. The van der Waals surface area contributed by atoms with Gasteiger partial charge < -0.3 is 4.90 Å². The molecule has 1 saturated carbocycles. The lowest BCUT2D eigenvalue weighted by Gasteiger charge is -2.27. The Hall–Kier alpha value is -1.55. The summed E-state index contributed by atoms with van der Waals surface area (Å²) in [6.07, 6.45) is 1.65. The molecule has 4 nitrogen and oxygen atoms in total. The molecule has 0 spiro atoms. The molecule has 0 bridgehead atoms. The van der Waals surface area contributed by atoms with Gasteiger partial charge in [0.2, 0.25) is 5.91 Å². The van der Waals surface area contributed by atoms with Crippen molar-refractivity contribution in [1.82, 2.24) is 4.90 Å². The van der Waals surface area contributed by atoms with E-state index >= 15 is 0 Å². The highest BCUT2D eigenvalue weighted by Gasteiger charge is 2.52. The molecule has 1 amide bonds. The maximum atomic E-state index is 12.0. The molecule has 0 saturated heterocycles. The molecule has 0 radical (unpaired) electrons. The molecule has 0 heterocycles. The highest BCUT2D eigenvalue weighted by Crippen LogP contribution is 2.46. The zero-order valence-electron chi connectivity index (χ0n) is 9.16. The molecule has 1 rings (SSSR count). The van der Waals surface area contributed by atoms with Gasteiger partial charge in [-0.2, -0.15) is 10.5 Å². The molecule has 80 valence electrons. The maximum absolute atomic E-state index is 12.0. The van der Waals surface area contributed by atoms with Gasteiger partial charge in [-0.25, -0.2) is 0 Å². The summed E-state index contributed by atoms with van der Waals surface area (Å²) in [7, 11) is 0. The van der Waals surface area contributed by atoms with E-state index in [0.717, 1.165) is 0 Å². The van der Waals surface area contributed by atoms with Crippen molar-refractivity contribution in [3.05, 3.63) is 0 Å². The van der Waals surface area contributed by atoms with Crippen LogP contribution in [0.5, 0.6) is 0 Å². The van der Waals surface area contributed by atoms with Crippen LogP contribution in [0.15, 0.2) is 0 Å². The third kappa shape index (κ3) is 2.27. The van der Waals surface area contributed by atoms with Crippen LogP contribution in [0.4, 0.5) is 0 Å². The van der Waals surface area contributed by atoms with Crippen LogP contribution in [0.25, 0.3) is 0 Å². The molecular formula is C11H15N3O. The highest BCUT2D eigenvalue weighted by molar-refractivity contribution is 5.88. The summed E-state index contributed by atoms with van der Waals surface area (Å²) in [6.45, 7) is 4.24. The molecule has 0 aliphatic heterocycles. The second-order valence-electron chi connectivity index (χ2n) is 4.19. The fraction of sp³-hybridized carbons (Fsp3) is 0.727. The predicted molar refractivity (Wildman–Crippen MR) is 54.4 cm³/mol. The third-order valence-corrected chi connectivity index (χ3v) is 2.72. The van der Waals surface area contributed by atoms with Crippen LogP contribution in [0.3, 0.4) is 0 Å². The van der Waals surface area contributed by atoms with Crippen molar-refractivity contribution >= 4 is 5.91 Å². The van der Waals surface area contributed by atoms with Crippen molar-refractivity contribution in [3.8, 4) is 12.1 Å². The number of nitrogens with zero attached hydrogens (tertiary/aromatic N) is 3. The van der Waals surface area contributed by atoms with Crippen LogP contribution in [0.1, 0.15) is 33.1 Å². The topological polar surface area (TPSA) is 67.9 Å². The Kier molecular flexibility index (Phi) is 3.31. The van der Waals surface area contributed by atoms with Crippen LogP contribution >= 0.6 is 0 Å². The molecule has 0 unspecified atom stereocenters. The van der Waals surface area contributed by atoms with E-state index in [1.807, 2.05) is 19.9 Å². The lowest BCUT2D eigenvalue weighted by Crippen LogP contribution is -2.42. The van der Waals surface area contributed by atoms with E-state index in [0.29, 0.717) is 25.8 Å². The van der Waals surface area contributed by atoms with Gasteiger partial charge >= 0.3 is 0 Å². The largest absolute Gasteiger partial charge is 0.338 e. The molecule has 0 N–H and O–H groups in total. The molecular weight excluding hydrogens is 190 g/mol. The summed E-state index contributed by atoms with van der Waals surface area (Å²) in [5.41, 5.74) is -0.764. The Bertz CT molecular complexity index is 331. The minimum absolute atomic E-state index is 0.0525. The summed E-state index contributed by atoms with van der Waals surface area (Å²) in [5.74, 6) is -0.102. The lowest BCUT2D eigenvalue weighted by atomic mass is 10.1. The number of nitriles is 2. The molecule has 0 aromatic heterocycles. The minimum Gasteiger partial charge on any atom is -0.338 e. The lowest BCUT2D eigenvalue weighted by molar-refractivity contribution is -0.136. The Labute approximate surface area is 90.1 Å². The van der Waals surface area contributed by atoms with Crippen molar-refractivity contribution in [3.63, 3.8) is 0 Å². The molecule has 4 heteroatoms. The Morgan fingerprint density at radius 2 is 2.07 bits per heavy atom. The van der Waals surface area contributed by atoms with Crippen LogP contribution in [0, 0.1) is 28.1 Å². The molecule has 0 atom stereocenters. The van der Waals surface area contributed by atoms with Gasteiger partial charge in [-0.1, -0.05) is 0 Å². The number of rotatable bonds is 4. The van der Waals surface area contributed by atoms with Gasteiger partial charge in [0, 0.05) is 12.6 Å². The number of hydrogen-bond donors (Lipinski definition) is 0. The van der Waals surface area contributed by atoms with Gasteiger partial charge in [0.15, 0.2) is 0 Å². The average Bonchev–Trinajstić information content (AvgIpc) is 2.98. The molecule has 15 heavy (non-hydrogen) atoms. The Morgan fingerprint density at radius 1 is 1.47 bits per heavy atom. The van der Waals surface area contributed by atoms with Crippen LogP contribution < -0.4 is 0 Å². The first-order valence-corrected chi connectivity index (χ1v) is 5.16. The highest BCUT2D eigenvalue weighted by atomic mass is 16.2. The second-order valence-corrected chi connectivity index (χ2v) is 4.19. The van der Waals surface area contributed by atoms with Gasteiger partial charge in [-0.3, -0.25) is 4.79 Å². The van der Waals surface area contributed by atoms with Gasteiger partial charge in [0.25, 0.3) is 0 Å². The van der Waals surface area contributed by atoms with E-state index in [9.17, 15) is 4.79 Å². The summed E-state index contributed by atoms with van der Waals surface area (Å²) in [6, 6.07) is 4.16. The van der Waals surface area contributed by atoms with Crippen molar-refractivity contribution in [1.29, 1.82) is 10.5 Å². The van der Waals surface area contributed by atoms with E-state index < -0.39 is 5.41 Å². The van der Waals surface area contributed by atoms with E-state index in [-0.39, 0.29) is 11.9 Å². The monoisotopic (exact) mass is 205 g/mol. The first kappa shape index (κ1) is 11.5. The van der Waals surface area contributed by atoms with Crippen LogP contribution in [-0.4, -0.2) is 23.4 Å². The average molecular weight is 205 g/mol. The Morgan fingerprint density at radius 3 is 2.40 bits per heavy atom. The SMILES string of the molecule is CC(C)N(CCC#N)C(=O)C1(C#N)CC1. The van der Waals surface area contributed by atoms with Crippen molar-refractivity contribution in [2.24, 2.45) is 5.41 Å². The molecule has 0 aromatic rings. The van der Waals surface area contributed by atoms with E-state index in [4.69, 9.17) is 10.5 Å². The zero-order valence-corrected chi connectivity index (χ0v) is 9.16. The smallest absolute Gasteiger partial charge is 0.243 e. The fourth-order valence-corrected chi connectivity index (χ4v) is 1.54. The summed E-state index contributed by atoms with van der Waals surface area (Å²) < 4.78 is 0. The van der Waals surface area contributed by atoms with Crippen molar-refractivity contribution < 1.29 is 4.79 Å². The van der Waals surface area contributed by atoms with E-state index in [1.54, 1.807) is 4.90 Å². The van der Waals surface area contributed by atoms with Crippen LogP contribution in [0.2, 0.25) is 0 Å². The van der Waals surface area contributed by atoms with Crippen LogP contribution in [-0.2, 0) is 4.79 Å². The second kappa shape index (κ2) is 4.31. The summed E-state index contributed by atoms with van der Waals surface area (Å²) in [4.78, 5) is 13.6. The van der Waals surface area contributed by atoms with Gasteiger partial charge in [0.1, 0.15) is 5.41 Å². The standard InChI is InChI=1S/C11H15N3O/c1-9(2)14(7-3-6-12)10(15)11(8-13)4-5-11/h9H,3-5,7H2,1-2H3. The van der Waals surface area contributed by atoms with Gasteiger partial charge in [0.05, 0.1) is 18.6 Å². The number of carbonyl (C=O) groups is 1. The normalized spacial score (nSPS) is 16.6. The Balaban J connectivity index is 2.69. The zero-order chi connectivity index (χ0) is 11.5. The quantitative estimate of drug-likeness (QED) is 0.697. The van der Waals surface area contributed by atoms with Gasteiger partial charge in [-0.15, -0.1) is 0 Å². The third-order valence-electron chi connectivity index (χ3n) is 2.72. The van der Waals surface area contributed by atoms with Crippen molar-refractivity contribution in [2.45, 2.75) is 39.2 Å². The van der Waals surface area contributed by atoms with E-state index in [2.05, 4.69) is 6.07 Å². The molecule has 1 aliphatic rings. The van der Waals surface area contributed by atoms with Gasteiger partial charge in [-0.05, 0) is 26.7 Å². The summed E-state index contributed by atoms with van der Waals surface area (Å²) in [5, 5.41) is 17.4. The molecule has 1 aliphatic carbocycles.